The largest absolute Gasteiger partial charge is 0.418 e. The number of nitrogens with one attached hydrogen (secondary N) is 2. The maximum atomic E-state index is 13.3. The van der Waals surface area contributed by atoms with Gasteiger partial charge in [0.2, 0.25) is 5.91 Å². The van der Waals surface area contributed by atoms with E-state index in [0.29, 0.717) is 49.9 Å². The van der Waals surface area contributed by atoms with Crippen LogP contribution in [0.2, 0.25) is 0 Å². The van der Waals surface area contributed by atoms with Gasteiger partial charge in [-0.15, -0.1) is 0 Å². The van der Waals surface area contributed by atoms with Gasteiger partial charge in [-0.1, -0.05) is 38.1 Å². The second kappa shape index (κ2) is 11.2. The van der Waals surface area contributed by atoms with Gasteiger partial charge in [-0.25, -0.2) is 14.8 Å². The van der Waals surface area contributed by atoms with Gasteiger partial charge in [0.15, 0.2) is 0 Å². The number of rotatable bonds is 7. The lowest BCUT2D eigenvalue weighted by Crippen LogP contribution is -2.49. The maximum Gasteiger partial charge on any atom is 0.418 e. The summed E-state index contributed by atoms with van der Waals surface area (Å²) in [6, 6.07) is 11.2. The summed E-state index contributed by atoms with van der Waals surface area (Å²) >= 11 is 0. The van der Waals surface area contributed by atoms with Crippen molar-refractivity contribution in [2.75, 3.05) is 36.8 Å². The molecule has 1 fully saturated rings. The first kappa shape index (κ1) is 27.1. The van der Waals surface area contributed by atoms with Crippen molar-refractivity contribution in [3.05, 3.63) is 59.9 Å². The Kier molecular flexibility index (Phi) is 8.00. The molecule has 4 N–H and O–H groups in total. The van der Waals surface area contributed by atoms with Gasteiger partial charge in [0, 0.05) is 31.6 Å². The highest BCUT2D eigenvalue weighted by Crippen LogP contribution is 2.34. The average molecular weight is 530 g/mol. The number of para-hydroxylation sites is 2. The molecule has 2 aromatic carbocycles. The molecule has 3 amide bonds. The van der Waals surface area contributed by atoms with E-state index in [-0.39, 0.29) is 11.6 Å². The predicted octanol–water partition coefficient (Wildman–Crippen LogP) is 3.92. The zero-order chi connectivity index (χ0) is 27.4. The van der Waals surface area contributed by atoms with Crippen LogP contribution in [0.3, 0.4) is 0 Å². The van der Waals surface area contributed by atoms with E-state index in [0.717, 1.165) is 11.5 Å². The highest BCUT2D eigenvalue weighted by atomic mass is 19.4. The summed E-state index contributed by atoms with van der Waals surface area (Å²) in [7, 11) is 0. The highest BCUT2D eigenvalue weighted by molar-refractivity contribution is 5.92. The minimum absolute atomic E-state index is 0.0491. The van der Waals surface area contributed by atoms with Gasteiger partial charge in [0.05, 0.1) is 23.3 Å². The molecule has 0 bridgehead atoms. The number of anilines is 2. The van der Waals surface area contributed by atoms with Crippen molar-refractivity contribution in [1.29, 1.82) is 0 Å². The van der Waals surface area contributed by atoms with E-state index >= 15 is 0 Å². The standard InChI is InChI=1S/C26H30F3N7O2/c1-16(2)22(23(30)37)34-24-17-7-3-5-9-19(17)31-21(33-24)15-35-11-13-36(14-12-35)25(38)32-20-10-6-4-8-18(20)26(27,28)29/h3-10,16,22H,11-15H2,1-2H3,(H2,30,37)(H,32,38)(H,31,33,34)/t22-/m0/s1. The van der Waals surface area contributed by atoms with Crippen molar-refractivity contribution >= 4 is 34.3 Å². The number of carbonyl (C=O) groups is 2. The number of urea groups is 1. The summed E-state index contributed by atoms with van der Waals surface area (Å²) in [5.41, 5.74) is 5.14. The molecular formula is C26H30F3N7O2. The fourth-order valence-corrected chi connectivity index (χ4v) is 4.36. The molecule has 0 unspecified atom stereocenters. The predicted molar refractivity (Wildman–Crippen MR) is 138 cm³/mol. The quantitative estimate of drug-likeness (QED) is 0.427. The summed E-state index contributed by atoms with van der Waals surface area (Å²) in [6.07, 6.45) is -4.57. The Labute approximate surface area is 218 Å². The molecule has 0 aliphatic carbocycles. The van der Waals surface area contributed by atoms with Gasteiger partial charge < -0.3 is 21.3 Å². The summed E-state index contributed by atoms with van der Waals surface area (Å²) in [5, 5.41) is 6.33. The minimum atomic E-state index is -4.57. The van der Waals surface area contributed by atoms with Gasteiger partial charge in [-0.05, 0) is 30.2 Å². The van der Waals surface area contributed by atoms with E-state index in [2.05, 4.69) is 25.5 Å². The van der Waals surface area contributed by atoms with Crippen LogP contribution in [0.25, 0.3) is 10.9 Å². The Balaban J connectivity index is 1.43. The van der Waals surface area contributed by atoms with Gasteiger partial charge in [0.1, 0.15) is 17.7 Å². The minimum Gasteiger partial charge on any atom is -0.368 e. The van der Waals surface area contributed by atoms with Crippen molar-refractivity contribution in [3.8, 4) is 0 Å². The van der Waals surface area contributed by atoms with Crippen molar-refractivity contribution in [3.63, 3.8) is 0 Å². The Bertz CT molecular complexity index is 1310. The first-order chi connectivity index (χ1) is 18.0. The molecule has 38 heavy (non-hydrogen) atoms. The lowest BCUT2D eigenvalue weighted by atomic mass is 10.0. The molecule has 0 spiro atoms. The number of piperazine rings is 1. The number of hydrogen-bond donors (Lipinski definition) is 3. The number of amides is 3. The number of benzene rings is 2. The van der Waals surface area contributed by atoms with Crippen LogP contribution in [-0.4, -0.2) is 63.9 Å². The van der Waals surface area contributed by atoms with Crippen LogP contribution in [0.15, 0.2) is 48.5 Å². The number of carbonyl (C=O) groups excluding carboxylic acids is 2. The zero-order valence-electron chi connectivity index (χ0n) is 21.1. The first-order valence-corrected chi connectivity index (χ1v) is 12.3. The highest BCUT2D eigenvalue weighted by Gasteiger charge is 2.34. The number of nitrogens with two attached hydrogens (primary N) is 1. The fourth-order valence-electron chi connectivity index (χ4n) is 4.36. The topological polar surface area (TPSA) is 116 Å². The lowest BCUT2D eigenvalue weighted by molar-refractivity contribution is -0.137. The van der Waals surface area contributed by atoms with Crippen LogP contribution >= 0.6 is 0 Å². The number of nitrogens with zero attached hydrogens (tertiary/aromatic N) is 4. The summed E-state index contributed by atoms with van der Waals surface area (Å²) < 4.78 is 39.8. The number of hydrogen-bond acceptors (Lipinski definition) is 6. The Morgan fingerprint density at radius 3 is 2.32 bits per heavy atom. The SMILES string of the molecule is CC(C)[C@H](Nc1nc(CN2CCN(C(=O)Nc3ccccc3C(F)(F)F)CC2)nc2ccccc12)C(N)=O. The second-order valence-electron chi connectivity index (χ2n) is 9.51. The third kappa shape index (κ3) is 6.31. The zero-order valence-corrected chi connectivity index (χ0v) is 21.1. The fraction of sp³-hybridized carbons (Fsp3) is 0.385. The van der Waals surface area contributed by atoms with E-state index in [1.54, 1.807) is 0 Å². The molecule has 3 aromatic rings. The third-order valence-corrected chi connectivity index (χ3v) is 6.41. The van der Waals surface area contributed by atoms with Gasteiger partial charge in [-0.3, -0.25) is 9.69 Å². The van der Waals surface area contributed by atoms with E-state index in [1.807, 2.05) is 38.1 Å². The molecule has 4 rings (SSSR count). The molecule has 0 saturated carbocycles. The summed E-state index contributed by atoms with van der Waals surface area (Å²) in [5.74, 6) is 0.531. The van der Waals surface area contributed by atoms with E-state index < -0.39 is 29.7 Å². The number of alkyl halides is 3. The molecule has 1 saturated heterocycles. The molecule has 1 aromatic heterocycles. The number of primary amides is 1. The third-order valence-electron chi connectivity index (χ3n) is 6.41. The molecule has 0 radical (unpaired) electrons. The summed E-state index contributed by atoms with van der Waals surface area (Å²) in [6.45, 7) is 5.82. The molecule has 1 atom stereocenters. The van der Waals surface area contributed by atoms with Gasteiger partial charge in [0.25, 0.3) is 0 Å². The molecular weight excluding hydrogens is 499 g/mol. The van der Waals surface area contributed by atoms with E-state index in [1.165, 1.54) is 23.1 Å². The van der Waals surface area contributed by atoms with Crippen molar-refractivity contribution < 1.29 is 22.8 Å². The van der Waals surface area contributed by atoms with Crippen LogP contribution in [0.4, 0.5) is 29.5 Å². The lowest BCUT2D eigenvalue weighted by Gasteiger charge is -2.34. The normalized spacial score (nSPS) is 15.5. The van der Waals surface area contributed by atoms with Crippen LogP contribution in [0, 0.1) is 5.92 Å². The van der Waals surface area contributed by atoms with Crippen molar-refractivity contribution in [1.82, 2.24) is 19.8 Å². The molecule has 2 heterocycles. The average Bonchev–Trinajstić information content (AvgIpc) is 2.87. The van der Waals surface area contributed by atoms with Gasteiger partial charge >= 0.3 is 12.2 Å². The Morgan fingerprint density at radius 2 is 1.66 bits per heavy atom. The van der Waals surface area contributed by atoms with Crippen LogP contribution in [0.5, 0.6) is 0 Å². The maximum absolute atomic E-state index is 13.3. The van der Waals surface area contributed by atoms with Crippen molar-refractivity contribution in [2.24, 2.45) is 11.7 Å². The molecule has 12 heteroatoms. The first-order valence-electron chi connectivity index (χ1n) is 12.3. The smallest absolute Gasteiger partial charge is 0.368 e. The molecule has 9 nitrogen and oxygen atoms in total. The number of fused-ring (bicyclic) bond motifs is 1. The van der Waals surface area contributed by atoms with Crippen LogP contribution in [-0.2, 0) is 17.5 Å². The Hall–Kier alpha value is -3.93. The van der Waals surface area contributed by atoms with Gasteiger partial charge in [-0.2, -0.15) is 13.2 Å². The van der Waals surface area contributed by atoms with Crippen molar-refractivity contribution in [2.45, 2.75) is 32.6 Å². The van der Waals surface area contributed by atoms with Crippen LogP contribution in [0.1, 0.15) is 25.2 Å². The molecule has 1 aliphatic rings. The van der Waals surface area contributed by atoms with Crippen LogP contribution < -0.4 is 16.4 Å². The number of aromatic nitrogens is 2. The molecule has 202 valence electrons. The van der Waals surface area contributed by atoms with E-state index in [4.69, 9.17) is 5.73 Å². The monoisotopic (exact) mass is 529 g/mol. The Morgan fingerprint density at radius 1 is 1.00 bits per heavy atom. The number of halogens is 3. The molecule has 1 aliphatic heterocycles. The van der Waals surface area contributed by atoms with E-state index in [9.17, 15) is 22.8 Å². The summed E-state index contributed by atoms with van der Waals surface area (Å²) in [4.78, 5) is 37.5. The second-order valence-corrected chi connectivity index (χ2v) is 9.51.